The second-order valence-electron chi connectivity index (χ2n) is 8.18. The van der Waals surface area contributed by atoms with Crippen LogP contribution in [0.15, 0.2) is 54.7 Å². The first-order valence-corrected chi connectivity index (χ1v) is 12.6. The Morgan fingerprint density at radius 1 is 1.19 bits per heavy atom. The van der Waals surface area contributed by atoms with Gasteiger partial charge in [-0.05, 0) is 48.1 Å². The highest BCUT2D eigenvalue weighted by Crippen LogP contribution is 2.27. The van der Waals surface area contributed by atoms with Crippen LogP contribution in [-0.4, -0.2) is 43.5 Å². The van der Waals surface area contributed by atoms with Crippen molar-refractivity contribution in [3.05, 3.63) is 71.4 Å². The van der Waals surface area contributed by atoms with E-state index in [2.05, 4.69) is 9.71 Å². The van der Waals surface area contributed by atoms with Crippen LogP contribution < -0.4 is 4.72 Å². The molecule has 0 spiro atoms. The van der Waals surface area contributed by atoms with Gasteiger partial charge in [0.05, 0.1) is 5.75 Å². The molecule has 1 amide bonds. The Balaban J connectivity index is 1.45. The van der Waals surface area contributed by atoms with Gasteiger partial charge in [0.2, 0.25) is 10.0 Å². The third kappa shape index (κ3) is 5.31. The highest BCUT2D eigenvalue weighted by Gasteiger charge is 2.30. The maximum absolute atomic E-state index is 12.7. The first-order valence-electron chi connectivity index (χ1n) is 11.0. The summed E-state index contributed by atoms with van der Waals surface area (Å²) in [5.41, 5.74) is 3.74. The average molecular weight is 456 g/mol. The highest BCUT2D eigenvalue weighted by atomic mass is 32.2. The summed E-state index contributed by atoms with van der Waals surface area (Å²) in [4.78, 5) is 17.8. The minimum absolute atomic E-state index is 0.0528. The van der Waals surface area contributed by atoms with Gasteiger partial charge in [0.25, 0.3) is 0 Å². The van der Waals surface area contributed by atoms with Crippen LogP contribution in [0, 0.1) is 0 Å². The summed E-state index contributed by atoms with van der Waals surface area (Å²) in [6.45, 7) is 3.09. The molecule has 7 nitrogen and oxygen atoms in total. The first-order chi connectivity index (χ1) is 15.4. The van der Waals surface area contributed by atoms with Crippen molar-refractivity contribution in [3.8, 4) is 0 Å². The third-order valence-corrected chi connectivity index (χ3v) is 7.27. The molecule has 1 aliphatic heterocycles. The zero-order chi connectivity index (χ0) is 22.6. The number of likely N-dealkylation sites (tertiary alicyclic amines) is 1. The van der Waals surface area contributed by atoms with Crippen molar-refractivity contribution in [1.29, 1.82) is 0 Å². The summed E-state index contributed by atoms with van der Waals surface area (Å²) >= 11 is 0. The Bertz CT molecular complexity index is 1170. The number of carbonyl (C=O) groups excluding carboxylic acids is 1. The quantitative estimate of drug-likeness (QED) is 0.538. The molecule has 0 saturated carbocycles. The lowest BCUT2D eigenvalue weighted by atomic mass is 10.0. The van der Waals surface area contributed by atoms with Gasteiger partial charge in [-0.15, -0.1) is 0 Å². The van der Waals surface area contributed by atoms with Crippen LogP contribution in [0.1, 0.15) is 36.5 Å². The van der Waals surface area contributed by atoms with Gasteiger partial charge in [0.15, 0.2) is 0 Å². The first kappa shape index (κ1) is 22.4. The topological polar surface area (TPSA) is 91.5 Å². The van der Waals surface area contributed by atoms with Gasteiger partial charge in [-0.3, -0.25) is 0 Å². The molecule has 0 bridgehead atoms. The van der Waals surface area contributed by atoms with Crippen LogP contribution in [0.2, 0.25) is 0 Å². The van der Waals surface area contributed by atoms with Crippen LogP contribution in [0.3, 0.4) is 0 Å². The molecule has 1 aliphatic rings. The van der Waals surface area contributed by atoms with E-state index < -0.39 is 10.0 Å². The molecule has 1 unspecified atom stereocenters. The molecule has 2 aromatic carbocycles. The van der Waals surface area contributed by atoms with Gasteiger partial charge in [0, 0.05) is 36.2 Å². The van der Waals surface area contributed by atoms with E-state index in [0.717, 1.165) is 40.4 Å². The summed E-state index contributed by atoms with van der Waals surface area (Å²) in [6, 6.07) is 15.4. The number of aromatic amines is 1. The lowest BCUT2D eigenvalue weighted by Gasteiger charge is -2.24. The van der Waals surface area contributed by atoms with Gasteiger partial charge in [-0.1, -0.05) is 43.3 Å². The summed E-state index contributed by atoms with van der Waals surface area (Å²) in [6.07, 6.45) is 4.23. The maximum atomic E-state index is 12.7. The average Bonchev–Trinajstić information content (AvgIpc) is 3.40. The Morgan fingerprint density at radius 3 is 2.78 bits per heavy atom. The van der Waals surface area contributed by atoms with Crippen molar-refractivity contribution >= 4 is 27.0 Å². The molecule has 32 heavy (non-hydrogen) atoms. The fourth-order valence-electron chi connectivity index (χ4n) is 4.32. The number of rotatable bonds is 8. The number of sulfonamides is 1. The Morgan fingerprint density at radius 2 is 2.00 bits per heavy atom. The van der Waals surface area contributed by atoms with Crippen LogP contribution in [0.4, 0.5) is 4.79 Å². The molecule has 1 saturated heterocycles. The number of nitrogens with zero attached hydrogens (tertiary/aromatic N) is 1. The number of aromatic nitrogens is 1. The smallest absolute Gasteiger partial charge is 0.410 e. The summed E-state index contributed by atoms with van der Waals surface area (Å²) in [5, 5.41) is 0.999. The minimum Gasteiger partial charge on any atom is -0.445 e. The van der Waals surface area contributed by atoms with Crippen molar-refractivity contribution in [2.45, 2.75) is 44.6 Å². The molecule has 3 aromatic rings. The van der Waals surface area contributed by atoms with Crippen LogP contribution >= 0.6 is 0 Å². The molecular weight excluding hydrogens is 426 g/mol. The Hall–Kier alpha value is -2.84. The van der Waals surface area contributed by atoms with E-state index in [1.165, 1.54) is 0 Å². The predicted molar refractivity (Wildman–Crippen MR) is 125 cm³/mol. The Labute approximate surface area is 188 Å². The number of benzene rings is 2. The SMILES string of the molecule is CCNS(=O)(=O)Cc1ccc2[nH]cc(CC3CCCN3C(=O)OCc3ccccc3)c2c1. The van der Waals surface area contributed by atoms with Gasteiger partial charge in [-0.25, -0.2) is 17.9 Å². The van der Waals surface area contributed by atoms with E-state index in [-0.39, 0.29) is 24.5 Å². The highest BCUT2D eigenvalue weighted by molar-refractivity contribution is 7.88. The number of fused-ring (bicyclic) bond motifs is 1. The van der Waals surface area contributed by atoms with Crippen molar-refractivity contribution in [1.82, 2.24) is 14.6 Å². The second kappa shape index (κ2) is 9.75. The zero-order valence-corrected chi connectivity index (χ0v) is 19.0. The second-order valence-corrected chi connectivity index (χ2v) is 9.99. The van der Waals surface area contributed by atoms with Crippen LogP contribution in [-0.2, 0) is 33.5 Å². The lowest BCUT2D eigenvalue weighted by Crippen LogP contribution is -2.37. The van der Waals surface area contributed by atoms with Crippen molar-refractivity contribution in [2.24, 2.45) is 0 Å². The van der Waals surface area contributed by atoms with E-state index in [4.69, 9.17) is 4.74 Å². The summed E-state index contributed by atoms with van der Waals surface area (Å²) < 4.78 is 32.4. The van der Waals surface area contributed by atoms with E-state index in [0.29, 0.717) is 19.5 Å². The Kier molecular flexibility index (Phi) is 6.81. The molecule has 4 rings (SSSR count). The standard InChI is InChI=1S/C24H29N3O4S/c1-2-26-32(29,30)17-19-10-11-23-22(13-19)20(15-25-23)14-21-9-6-12-27(21)24(28)31-16-18-7-4-3-5-8-18/h3-5,7-8,10-11,13,15,21,25-26H,2,6,9,12,14,16-17H2,1H3. The summed E-state index contributed by atoms with van der Waals surface area (Å²) in [5.74, 6) is -0.0528. The van der Waals surface area contributed by atoms with Gasteiger partial charge in [0.1, 0.15) is 6.61 Å². The maximum Gasteiger partial charge on any atom is 0.410 e. The fourth-order valence-corrected chi connectivity index (χ4v) is 5.48. The van der Waals surface area contributed by atoms with Gasteiger partial charge >= 0.3 is 6.09 Å². The van der Waals surface area contributed by atoms with Gasteiger partial charge in [-0.2, -0.15) is 0 Å². The van der Waals surface area contributed by atoms with Gasteiger partial charge < -0.3 is 14.6 Å². The number of hydrogen-bond acceptors (Lipinski definition) is 4. The minimum atomic E-state index is -3.35. The molecule has 0 radical (unpaired) electrons. The van der Waals surface area contributed by atoms with Crippen molar-refractivity contribution < 1.29 is 17.9 Å². The van der Waals surface area contributed by atoms with E-state index in [9.17, 15) is 13.2 Å². The largest absolute Gasteiger partial charge is 0.445 e. The molecule has 0 aliphatic carbocycles. The normalized spacial score (nSPS) is 16.5. The number of H-pyrrole nitrogens is 1. The number of hydrogen-bond donors (Lipinski definition) is 2. The molecule has 2 N–H and O–H groups in total. The van der Waals surface area contributed by atoms with Crippen molar-refractivity contribution in [2.75, 3.05) is 13.1 Å². The van der Waals surface area contributed by atoms with Crippen molar-refractivity contribution in [3.63, 3.8) is 0 Å². The summed E-state index contributed by atoms with van der Waals surface area (Å²) in [7, 11) is -3.35. The van der Waals surface area contributed by atoms with E-state index in [1.54, 1.807) is 6.92 Å². The fraction of sp³-hybridized carbons (Fsp3) is 0.375. The zero-order valence-electron chi connectivity index (χ0n) is 18.2. The molecule has 170 valence electrons. The molecule has 2 heterocycles. The molecule has 1 aromatic heterocycles. The third-order valence-electron chi connectivity index (χ3n) is 5.83. The number of ether oxygens (including phenoxy) is 1. The predicted octanol–water partition coefficient (Wildman–Crippen LogP) is 3.95. The monoisotopic (exact) mass is 455 g/mol. The van der Waals surface area contributed by atoms with Crippen LogP contribution in [0.25, 0.3) is 10.9 Å². The number of amides is 1. The molecular formula is C24H29N3O4S. The number of carbonyl (C=O) groups is 1. The van der Waals surface area contributed by atoms with Crippen LogP contribution in [0.5, 0.6) is 0 Å². The molecule has 1 atom stereocenters. The van der Waals surface area contributed by atoms with E-state index >= 15 is 0 Å². The van der Waals surface area contributed by atoms with E-state index in [1.807, 2.05) is 59.6 Å². The lowest BCUT2D eigenvalue weighted by molar-refractivity contribution is 0.0921. The number of nitrogens with one attached hydrogen (secondary N) is 2. The molecule has 1 fully saturated rings. The molecule has 8 heteroatoms.